The number of likely N-dealkylation sites (tertiary alicyclic amines) is 2. The van der Waals surface area contributed by atoms with Crippen LogP contribution in [0.1, 0.15) is 131 Å². The van der Waals surface area contributed by atoms with Crippen LogP contribution in [0, 0.1) is 24.7 Å². The van der Waals surface area contributed by atoms with Gasteiger partial charge in [-0.2, -0.15) is 0 Å². The number of likely N-dealkylation sites (N-methyl/N-ethyl adjacent to an activating group) is 2. The lowest BCUT2D eigenvalue weighted by Gasteiger charge is -2.37. The Hall–Kier alpha value is -4.71. The van der Waals surface area contributed by atoms with E-state index in [4.69, 9.17) is 14.6 Å². The van der Waals surface area contributed by atoms with Crippen molar-refractivity contribution in [1.82, 2.24) is 30.2 Å². The Morgan fingerprint density at radius 2 is 1.61 bits per heavy atom. The maximum absolute atomic E-state index is 12.7. The van der Waals surface area contributed by atoms with Crippen LogP contribution in [0.4, 0.5) is 5.69 Å². The van der Waals surface area contributed by atoms with Crippen LogP contribution in [0.15, 0.2) is 36.4 Å². The maximum atomic E-state index is 12.7. The number of carbonyl (C=O) groups is 7. The van der Waals surface area contributed by atoms with Gasteiger partial charge in [-0.05, 0) is 101 Å². The van der Waals surface area contributed by atoms with E-state index in [1.165, 1.54) is 41.1 Å². The molecule has 8 atom stereocenters. The Labute approximate surface area is 427 Å². The molecule has 1 aromatic carbocycles. The number of hydrogen-bond donors (Lipinski definition) is 4. The highest BCUT2D eigenvalue weighted by Crippen LogP contribution is 2.41. The second-order valence-electron chi connectivity index (χ2n) is 18.9. The Morgan fingerprint density at radius 3 is 2.06 bits per heavy atom. The number of nitrogens with zero attached hydrogens (tertiary/aromatic N) is 4. The van der Waals surface area contributed by atoms with Gasteiger partial charge in [-0.3, -0.25) is 38.6 Å². The van der Waals surface area contributed by atoms with Crippen LogP contribution < -0.4 is 16.0 Å². The van der Waals surface area contributed by atoms with Gasteiger partial charge in [0.1, 0.15) is 6.29 Å². The molecule has 8 unspecified atom stereocenters. The Kier molecular flexibility index (Phi) is 36.3. The summed E-state index contributed by atoms with van der Waals surface area (Å²) in [7, 11) is 9.22. The van der Waals surface area contributed by atoms with Crippen LogP contribution in [0.2, 0.25) is 0 Å². The average Bonchev–Trinajstić information content (AvgIpc) is 4.18. The molecule has 1 aliphatic carbocycles. The van der Waals surface area contributed by atoms with E-state index in [-0.39, 0.29) is 61.1 Å². The number of anilines is 1. The highest BCUT2D eigenvalue weighted by Gasteiger charge is 2.47. The molecule has 4 N–H and O–H groups in total. The molecule has 406 valence electrons. The van der Waals surface area contributed by atoms with E-state index >= 15 is 0 Å². The van der Waals surface area contributed by atoms with Gasteiger partial charge in [0.15, 0.2) is 0 Å². The standard InChI is InChI=1S/C20H37N3O3.C10H13NO3.C10H19NO2.C8H11N.C3H7NO2.C3H8/c1-7-13(3)18(16(8-2)26-6)23(5)17(24)12-21-20(25)19-14-9-10-15(11-14)22(19)4;12-8-4-2-1-3-7-11-9(13)5-6-10(11)14;1-8(2)10(13-3)9-5-4-6-11(9)7-12;1-7-4-3-5-8(6-7)9-2;5-2-1-4-3-6;1-3-2/h13-16,18-19H,7-12H2,1-6H3,(H,21,25);5-6,8H,1-4,7H2;7-10H,4-6H2,1-3H3;3-6,9H,1-2H3;3,5H,1-2H2,(H,4,6);3H2,1-2H3. The zero-order chi connectivity index (χ0) is 53.9. The van der Waals surface area contributed by atoms with E-state index in [2.05, 4.69) is 88.4 Å². The van der Waals surface area contributed by atoms with Crippen LogP contribution in [0.3, 0.4) is 0 Å². The van der Waals surface area contributed by atoms with Crippen molar-refractivity contribution in [2.45, 2.75) is 169 Å². The van der Waals surface area contributed by atoms with Crippen molar-refractivity contribution in [2.24, 2.45) is 17.8 Å². The normalized spacial score (nSPS) is 20.2. The number of benzene rings is 1. The zero-order valence-electron chi connectivity index (χ0n) is 45.8. The summed E-state index contributed by atoms with van der Waals surface area (Å²) in [4.78, 5) is 84.6. The van der Waals surface area contributed by atoms with Crippen molar-refractivity contribution in [3.05, 3.63) is 42.0 Å². The van der Waals surface area contributed by atoms with Crippen LogP contribution in [-0.4, -0.2) is 172 Å². The first-order valence-corrected chi connectivity index (χ1v) is 26.0. The van der Waals surface area contributed by atoms with E-state index in [0.29, 0.717) is 55.8 Å². The molecule has 0 spiro atoms. The molecule has 6 amide bonds. The second kappa shape index (κ2) is 38.9. The fourth-order valence-electron chi connectivity index (χ4n) is 9.37. The summed E-state index contributed by atoms with van der Waals surface area (Å²) in [5.74, 6) is 0.738. The van der Waals surface area contributed by atoms with Crippen LogP contribution >= 0.6 is 0 Å². The summed E-state index contributed by atoms with van der Waals surface area (Å²) in [6.07, 6.45) is 16.9. The number of unbranched alkanes of at least 4 members (excludes halogenated alkanes) is 3. The number of aliphatic hydroxyl groups is 1. The summed E-state index contributed by atoms with van der Waals surface area (Å²) in [6, 6.07) is 9.07. The third-order valence-electron chi connectivity index (χ3n) is 13.3. The lowest BCUT2D eigenvalue weighted by molar-refractivity contribution is -0.138. The van der Waals surface area contributed by atoms with E-state index in [1.807, 2.05) is 38.2 Å². The lowest BCUT2D eigenvalue weighted by atomic mass is 9.91. The number of imide groups is 1. The molecule has 2 saturated heterocycles. The smallest absolute Gasteiger partial charge is 0.253 e. The first-order valence-electron chi connectivity index (χ1n) is 26.0. The molecule has 71 heavy (non-hydrogen) atoms. The van der Waals surface area contributed by atoms with Crippen molar-refractivity contribution in [3.8, 4) is 0 Å². The number of rotatable bonds is 23. The molecule has 2 bridgehead atoms. The molecule has 3 fully saturated rings. The van der Waals surface area contributed by atoms with Gasteiger partial charge in [0.25, 0.3) is 11.8 Å². The van der Waals surface area contributed by atoms with Gasteiger partial charge < -0.3 is 45.1 Å². The number of ether oxygens (including phenoxy) is 2. The molecule has 3 heterocycles. The first-order chi connectivity index (χ1) is 34.0. The lowest BCUT2D eigenvalue weighted by Crippen LogP contribution is -2.54. The number of methoxy groups -OCH3 is 2. The number of piperidine rings is 1. The van der Waals surface area contributed by atoms with Gasteiger partial charge in [-0.15, -0.1) is 0 Å². The first kappa shape index (κ1) is 66.3. The maximum Gasteiger partial charge on any atom is 0.253 e. The van der Waals surface area contributed by atoms with Gasteiger partial charge >= 0.3 is 0 Å². The summed E-state index contributed by atoms with van der Waals surface area (Å²) in [5.41, 5.74) is 2.47. The van der Waals surface area contributed by atoms with Crippen LogP contribution in [0.25, 0.3) is 0 Å². The summed E-state index contributed by atoms with van der Waals surface area (Å²) < 4.78 is 11.0. The average molecular weight is 1000 g/mol. The molecule has 0 radical (unpaired) electrons. The van der Waals surface area contributed by atoms with Crippen molar-refractivity contribution in [3.63, 3.8) is 0 Å². The third kappa shape index (κ3) is 24.0. The molecular formula is C54H95N7O10. The van der Waals surface area contributed by atoms with Gasteiger partial charge in [0.05, 0.1) is 43.5 Å². The molecule has 1 aromatic rings. The predicted molar refractivity (Wildman–Crippen MR) is 282 cm³/mol. The number of aliphatic hydroxyl groups excluding tert-OH is 1. The SMILES string of the molecule is CCC.CCC(C)C(C(CC)OC)N(C)C(=O)CNC(=O)C1C2CCC(C2)N1C.CNc1cccc(C)c1.COC(C(C)C)C1CCCN1C=O.O=CCCCCCN1C(=O)C=CC1=O.O=CNCCO. The van der Waals surface area contributed by atoms with E-state index < -0.39 is 0 Å². The quantitative estimate of drug-likeness (QED) is 0.0565. The molecule has 17 nitrogen and oxygen atoms in total. The second-order valence-corrected chi connectivity index (χ2v) is 18.9. The molecule has 4 aliphatic rings. The topological polar surface area (TPSA) is 207 Å². The van der Waals surface area contributed by atoms with Crippen LogP contribution in [0.5, 0.6) is 0 Å². The number of aldehydes is 1. The molecule has 5 rings (SSSR count). The van der Waals surface area contributed by atoms with Gasteiger partial charge in [-0.1, -0.05) is 79.9 Å². The fourth-order valence-corrected chi connectivity index (χ4v) is 9.37. The minimum absolute atomic E-state index is 0.000299. The molecule has 17 heteroatoms. The van der Waals surface area contributed by atoms with Gasteiger partial charge in [0.2, 0.25) is 24.6 Å². The number of carbonyl (C=O) groups excluding carboxylic acids is 7. The Balaban J connectivity index is 0.000000925. The minimum atomic E-state index is -0.231. The summed E-state index contributed by atoms with van der Waals surface area (Å²) >= 11 is 0. The number of amides is 6. The Bertz CT molecular complexity index is 1680. The van der Waals surface area contributed by atoms with Crippen molar-refractivity contribution >= 4 is 48.4 Å². The summed E-state index contributed by atoms with van der Waals surface area (Å²) in [6.45, 7) is 18.7. The van der Waals surface area contributed by atoms with E-state index in [1.54, 1.807) is 19.1 Å². The monoisotopic (exact) mass is 1000 g/mol. The van der Waals surface area contributed by atoms with E-state index in [0.717, 1.165) is 77.0 Å². The number of fused-ring (bicyclic) bond motifs is 2. The predicted octanol–water partition coefficient (Wildman–Crippen LogP) is 6.01. The number of aryl methyl sites for hydroxylation is 1. The number of hydrogen-bond acceptors (Lipinski definition) is 12. The highest BCUT2D eigenvalue weighted by atomic mass is 16.5. The molecule has 1 saturated carbocycles. The minimum Gasteiger partial charge on any atom is -0.395 e. The van der Waals surface area contributed by atoms with Crippen molar-refractivity contribution in [2.75, 3.05) is 73.5 Å². The van der Waals surface area contributed by atoms with Crippen molar-refractivity contribution in [1.29, 1.82) is 0 Å². The van der Waals surface area contributed by atoms with Gasteiger partial charge in [0, 0.05) is 78.3 Å². The highest BCUT2D eigenvalue weighted by molar-refractivity contribution is 6.12. The van der Waals surface area contributed by atoms with Gasteiger partial charge in [-0.25, -0.2) is 0 Å². The van der Waals surface area contributed by atoms with E-state index in [9.17, 15) is 33.6 Å². The molecule has 0 aromatic heterocycles. The fraction of sp³-hybridized carbons (Fsp3) is 0.722. The van der Waals surface area contributed by atoms with Crippen LogP contribution in [-0.2, 0) is 43.0 Å². The Morgan fingerprint density at radius 1 is 0.944 bits per heavy atom. The molecular weight excluding hydrogens is 907 g/mol. The molecule has 3 aliphatic heterocycles. The van der Waals surface area contributed by atoms with Crippen molar-refractivity contribution < 1.29 is 48.1 Å². The summed E-state index contributed by atoms with van der Waals surface area (Å²) in [5, 5.41) is 16.2. The number of nitrogens with one attached hydrogen (secondary N) is 3. The zero-order valence-corrected chi connectivity index (χ0v) is 45.8. The third-order valence-corrected chi connectivity index (χ3v) is 13.3. The largest absolute Gasteiger partial charge is 0.395 e.